The fraction of sp³-hybridized carbons (Fsp3) is 0.0625. The Balaban J connectivity index is 1.81. The van der Waals surface area contributed by atoms with E-state index in [1.807, 2.05) is 29.0 Å². The van der Waals surface area contributed by atoms with Gasteiger partial charge in [-0.15, -0.1) is 0 Å². The summed E-state index contributed by atoms with van der Waals surface area (Å²) in [6.45, 7) is 0. The molecular formula is C16H12N4OS. The van der Waals surface area contributed by atoms with Gasteiger partial charge in [-0.3, -0.25) is 4.79 Å². The average Bonchev–Trinajstić information content (AvgIpc) is 3.25. The Morgan fingerprint density at radius 2 is 2.27 bits per heavy atom. The van der Waals surface area contributed by atoms with Gasteiger partial charge in [0.2, 0.25) is 0 Å². The van der Waals surface area contributed by atoms with E-state index < -0.39 is 6.04 Å². The van der Waals surface area contributed by atoms with Crippen molar-refractivity contribution in [3.05, 3.63) is 70.7 Å². The number of rotatable bonds is 4. The van der Waals surface area contributed by atoms with Crippen LogP contribution in [0.5, 0.6) is 0 Å². The van der Waals surface area contributed by atoms with E-state index in [1.165, 1.54) is 11.3 Å². The van der Waals surface area contributed by atoms with Crippen molar-refractivity contribution in [2.45, 2.75) is 6.04 Å². The Morgan fingerprint density at radius 3 is 2.95 bits per heavy atom. The fourth-order valence-corrected chi connectivity index (χ4v) is 2.74. The van der Waals surface area contributed by atoms with Crippen LogP contribution in [0, 0.1) is 11.3 Å². The van der Waals surface area contributed by atoms with Crippen molar-refractivity contribution < 1.29 is 4.79 Å². The van der Waals surface area contributed by atoms with E-state index in [9.17, 15) is 10.1 Å². The summed E-state index contributed by atoms with van der Waals surface area (Å²) in [6.07, 6.45) is 3.48. The molecule has 22 heavy (non-hydrogen) atoms. The minimum absolute atomic E-state index is 0.285. The van der Waals surface area contributed by atoms with E-state index in [-0.39, 0.29) is 5.91 Å². The minimum atomic E-state index is -0.646. The Kier molecular flexibility index (Phi) is 3.99. The smallest absolute Gasteiger partial charge is 0.252 e. The van der Waals surface area contributed by atoms with Crippen molar-refractivity contribution in [3.63, 3.8) is 0 Å². The molecule has 2 aromatic heterocycles. The molecule has 0 radical (unpaired) electrons. The Bertz CT molecular complexity index is 803. The van der Waals surface area contributed by atoms with E-state index in [2.05, 4.69) is 16.5 Å². The van der Waals surface area contributed by atoms with Crippen LogP contribution in [0.2, 0.25) is 0 Å². The standard InChI is InChI=1S/C16H12N4OS/c17-10-15(13-5-8-22-11-13)19-16(21)12-3-1-4-14(9-12)20-7-2-6-18-20/h1-9,11,15H,(H,19,21). The number of benzene rings is 1. The minimum Gasteiger partial charge on any atom is -0.332 e. The monoisotopic (exact) mass is 308 g/mol. The van der Waals surface area contributed by atoms with Crippen LogP contribution < -0.4 is 5.32 Å². The first kappa shape index (κ1) is 14.0. The quantitative estimate of drug-likeness (QED) is 0.805. The molecule has 0 saturated heterocycles. The second-order valence-corrected chi connectivity index (χ2v) is 5.37. The van der Waals surface area contributed by atoms with Crippen LogP contribution >= 0.6 is 11.3 Å². The first-order valence-electron chi connectivity index (χ1n) is 6.60. The van der Waals surface area contributed by atoms with Crippen molar-refractivity contribution in [1.29, 1.82) is 5.26 Å². The summed E-state index contributed by atoms with van der Waals surface area (Å²) < 4.78 is 1.68. The molecule has 5 nitrogen and oxygen atoms in total. The summed E-state index contributed by atoms with van der Waals surface area (Å²) in [4.78, 5) is 12.3. The second-order valence-electron chi connectivity index (χ2n) is 4.59. The zero-order chi connectivity index (χ0) is 15.4. The molecule has 3 aromatic rings. The number of nitrogens with zero attached hydrogens (tertiary/aromatic N) is 3. The van der Waals surface area contributed by atoms with Crippen molar-refractivity contribution in [2.24, 2.45) is 0 Å². The number of nitriles is 1. The average molecular weight is 308 g/mol. The highest BCUT2D eigenvalue weighted by atomic mass is 32.1. The van der Waals surface area contributed by atoms with Gasteiger partial charge in [-0.05, 0) is 46.7 Å². The van der Waals surface area contributed by atoms with Crippen LogP contribution in [0.3, 0.4) is 0 Å². The SMILES string of the molecule is N#CC(NC(=O)c1cccc(-n2cccn2)c1)c1ccsc1. The molecule has 1 atom stereocenters. The van der Waals surface area contributed by atoms with Crippen LogP contribution in [0.1, 0.15) is 22.0 Å². The highest BCUT2D eigenvalue weighted by molar-refractivity contribution is 7.08. The molecule has 1 aromatic carbocycles. The lowest BCUT2D eigenvalue weighted by Gasteiger charge is -2.11. The number of carbonyl (C=O) groups excluding carboxylic acids is 1. The van der Waals surface area contributed by atoms with Gasteiger partial charge in [0.05, 0.1) is 11.8 Å². The van der Waals surface area contributed by atoms with E-state index in [0.717, 1.165) is 11.3 Å². The van der Waals surface area contributed by atoms with Crippen LogP contribution in [-0.4, -0.2) is 15.7 Å². The fourth-order valence-electron chi connectivity index (χ4n) is 2.06. The molecule has 0 bridgehead atoms. The molecule has 0 aliphatic carbocycles. The summed E-state index contributed by atoms with van der Waals surface area (Å²) in [7, 11) is 0. The molecule has 0 aliphatic rings. The normalized spacial score (nSPS) is 11.6. The second kappa shape index (κ2) is 6.24. The van der Waals surface area contributed by atoms with E-state index >= 15 is 0 Å². The summed E-state index contributed by atoms with van der Waals surface area (Å²) in [6, 6.07) is 12.2. The molecule has 1 amide bonds. The lowest BCUT2D eigenvalue weighted by Crippen LogP contribution is -2.27. The van der Waals surface area contributed by atoms with Gasteiger partial charge in [0.15, 0.2) is 0 Å². The van der Waals surface area contributed by atoms with Gasteiger partial charge in [-0.25, -0.2) is 4.68 Å². The van der Waals surface area contributed by atoms with Gasteiger partial charge in [-0.2, -0.15) is 21.7 Å². The number of carbonyl (C=O) groups is 1. The number of amides is 1. The maximum atomic E-state index is 12.3. The van der Waals surface area contributed by atoms with Crippen LogP contribution in [0.15, 0.2) is 59.6 Å². The van der Waals surface area contributed by atoms with E-state index in [4.69, 9.17) is 0 Å². The molecule has 0 aliphatic heterocycles. The maximum Gasteiger partial charge on any atom is 0.252 e. The molecule has 108 valence electrons. The predicted molar refractivity (Wildman–Crippen MR) is 83.7 cm³/mol. The van der Waals surface area contributed by atoms with Crippen LogP contribution in [-0.2, 0) is 0 Å². The van der Waals surface area contributed by atoms with Crippen molar-refractivity contribution >= 4 is 17.2 Å². The highest BCUT2D eigenvalue weighted by Crippen LogP contribution is 2.17. The molecule has 0 saturated carbocycles. The molecule has 1 N–H and O–H groups in total. The number of thiophene rings is 1. The summed E-state index contributed by atoms with van der Waals surface area (Å²) in [5, 5.41) is 19.8. The van der Waals surface area contributed by atoms with Gasteiger partial charge in [0.1, 0.15) is 6.04 Å². The Morgan fingerprint density at radius 1 is 1.36 bits per heavy atom. The van der Waals surface area contributed by atoms with Gasteiger partial charge >= 0.3 is 0 Å². The first-order valence-corrected chi connectivity index (χ1v) is 7.55. The van der Waals surface area contributed by atoms with Gasteiger partial charge in [0, 0.05) is 18.0 Å². The van der Waals surface area contributed by atoms with Gasteiger partial charge in [-0.1, -0.05) is 6.07 Å². The molecule has 2 heterocycles. The number of nitrogens with one attached hydrogen (secondary N) is 1. The summed E-state index contributed by atoms with van der Waals surface area (Å²) in [5.41, 5.74) is 2.08. The highest BCUT2D eigenvalue weighted by Gasteiger charge is 2.15. The van der Waals surface area contributed by atoms with Crippen molar-refractivity contribution in [1.82, 2.24) is 15.1 Å². The third-order valence-electron chi connectivity index (χ3n) is 3.16. The van der Waals surface area contributed by atoms with Crippen LogP contribution in [0.4, 0.5) is 0 Å². The largest absolute Gasteiger partial charge is 0.332 e. The topological polar surface area (TPSA) is 70.7 Å². The molecular weight excluding hydrogens is 296 g/mol. The van der Waals surface area contributed by atoms with E-state index in [0.29, 0.717) is 5.56 Å². The van der Waals surface area contributed by atoms with Crippen molar-refractivity contribution in [3.8, 4) is 11.8 Å². The van der Waals surface area contributed by atoms with Gasteiger partial charge in [0.25, 0.3) is 5.91 Å². The molecule has 1 unspecified atom stereocenters. The maximum absolute atomic E-state index is 12.3. The lowest BCUT2D eigenvalue weighted by molar-refractivity contribution is 0.0945. The molecule has 0 fully saturated rings. The Labute approximate surface area is 131 Å². The summed E-state index contributed by atoms with van der Waals surface area (Å²) in [5.74, 6) is -0.285. The Hall–Kier alpha value is -2.91. The van der Waals surface area contributed by atoms with E-state index in [1.54, 1.807) is 35.3 Å². The zero-order valence-electron chi connectivity index (χ0n) is 11.5. The molecule has 6 heteroatoms. The number of hydrogen-bond acceptors (Lipinski definition) is 4. The molecule has 0 spiro atoms. The molecule has 3 rings (SSSR count). The number of hydrogen-bond donors (Lipinski definition) is 1. The predicted octanol–water partition coefficient (Wildman–Crippen LogP) is 2.93. The van der Waals surface area contributed by atoms with Crippen LogP contribution in [0.25, 0.3) is 5.69 Å². The van der Waals surface area contributed by atoms with Crippen molar-refractivity contribution in [2.75, 3.05) is 0 Å². The third-order valence-corrected chi connectivity index (χ3v) is 3.86. The summed E-state index contributed by atoms with van der Waals surface area (Å²) >= 11 is 1.49. The number of aromatic nitrogens is 2. The first-order chi connectivity index (χ1) is 10.8. The zero-order valence-corrected chi connectivity index (χ0v) is 12.3. The third kappa shape index (κ3) is 2.90. The lowest BCUT2D eigenvalue weighted by atomic mass is 10.1. The van der Waals surface area contributed by atoms with Gasteiger partial charge < -0.3 is 5.32 Å².